The first kappa shape index (κ1) is 16.5. The molecule has 0 aliphatic carbocycles. The lowest BCUT2D eigenvalue weighted by Crippen LogP contribution is -2.49. The van der Waals surface area contributed by atoms with E-state index in [4.69, 9.17) is 0 Å². The zero-order chi connectivity index (χ0) is 17.9. The number of carbonyl (C=O) groups is 1. The van der Waals surface area contributed by atoms with Crippen molar-refractivity contribution in [2.75, 3.05) is 31.1 Å². The lowest BCUT2D eigenvalue weighted by atomic mass is 10.2. The number of carbonyl (C=O) groups excluding carboxylic acids is 1. The van der Waals surface area contributed by atoms with Gasteiger partial charge in [-0.2, -0.15) is 5.10 Å². The molecule has 1 fully saturated rings. The van der Waals surface area contributed by atoms with Gasteiger partial charge >= 0.3 is 0 Å². The molecule has 7 heteroatoms. The van der Waals surface area contributed by atoms with Gasteiger partial charge in [0.1, 0.15) is 0 Å². The standard InChI is InChI=1S/C19H22N6O/c1-15-4-2-5-16-14-22-25(18(15)16)9-6-17(26)23-10-12-24(13-11-23)19-20-7-3-8-21-19/h2-5,7-8,14H,6,9-13H2,1H3. The maximum atomic E-state index is 12.6. The SMILES string of the molecule is Cc1cccc2cnn(CCC(=O)N3CCN(c4ncccn4)CC3)c12. The molecule has 0 radical (unpaired) electrons. The van der Waals surface area contributed by atoms with Crippen molar-refractivity contribution < 1.29 is 4.79 Å². The average molecular weight is 350 g/mol. The highest BCUT2D eigenvalue weighted by Gasteiger charge is 2.22. The molecule has 0 N–H and O–H groups in total. The van der Waals surface area contributed by atoms with Gasteiger partial charge in [0.05, 0.1) is 18.3 Å². The van der Waals surface area contributed by atoms with E-state index in [0.29, 0.717) is 26.1 Å². The van der Waals surface area contributed by atoms with Crippen molar-refractivity contribution in [1.82, 2.24) is 24.6 Å². The predicted octanol–water partition coefficient (Wildman–Crippen LogP) is 1.87. The third-order valence-corrected chi connectivity index (χ3v) is 4.87. The van der Waals surface area contributed by atoms with Crippen LogP contribution < -0.4 is 4.90 Å². The smallest absolute Gasteiger partial charge is 0.225 e. The molecule has 1 aliphatic heterocycles. The molecule has 0 unspecified atom stereocenters. The number of rotatable bonds is 4. The van der Waals surface area contributed by atoms with Gasteiger partial charge in [-0.25, -0.2) is 9.97 Å². The Labute approximate surface area is 152 Å². The van der Waals surface area contributed by atoms with Crippen molar-refractivity contribution in [1.29, 1.82) is 0 Å². The molecule has 0 atom stereocenters. The quantitative estimate of drug-likeness (QED) is 0.719. The Bertz CT molecular complexity index is 899. The van der Waals surface area contributed by atoms with Gasteiger partial charge in [0.15, 0.2) is 0 Å². The van der Waals surface area contributed by atoms with Crippen LogP contribution in [-0.4, -0.2) is 56.7 Å². The number of fused-ring (bicyclic) bond motifs is 1. The molecular formula is C19H22N6O. The molecule has 1 aliphatic rings. The minimum Gasteiger partial charge on any atom is -0.339 e. The highest BCUT2D eigenvalue weighted by atomic mass is 16.2. The Kier molecular flexibility index (Phi) is 4.51. The van der Waals surface area contributed by atoms with Crippen molar-refractivity contribution in [3.05, 3.63) is 48.4 Å². The number of piperazine rings is 1. The molecule has 134 valence electrons. The summed E-state index contributed by atoms with van der Waals surface area (Å²) in [6.45, 7) is 5.62. The number of aryl methyl sites for hydroxylation is 2. The molecule has 1 amide bonds. The van der Waals surface area contributed by atoms with Gasteiger partial charge in [0.25, 0.3) is 0 Å². The number of nitrogens with zero attached hydrogens (tertiary/aromatic N) is 6. The van der Waals surface area contributed by atoms with E-state index in [9.17, 15) is 4.79 Å². The summed E-state index contributed by atoms with van der Waals surface area (Å²) in [6, 6.07) is 7.97. The average Bonchev–Trinajstić information content (AvgIpc) is 3.11. The van der Waals surface area contributed by atoms with Crippen molar-refractivity contribution in [3.8, 4) is 0 Å². The van der Waals surface area contributed by atoms with Crippen LogP contribution in [-0.2, 0) is 11.3 Å². The molecular weight excluding hydrogens is 328 g/mol. The highest BCUT2D eigenvalue weighted by Crippen LogP contribution is 2.18. The van der Waals surface area contributed by atoms with Gasteiger partial charge in [-0.15, -0.1) is 0 Å². The number of para-hydroxylation sites is 1. The lowest BCUT2D eigenvalue weighted by molar-refractivity contribution is -0.131. The minimum absolute atomic E-state index is 0.177. The van der Waals surface area contributed by atoms with E-state index in [2.05, 4.69) is 39.0 Å². The van der Waals surface area contributed by atoms with Gasteiger partial charge < -0.3 is 9.80 Å². The number of benzene rings is 1. The molecule has 3 heterocycles. The van der Waals surface area contributed by atoms with Gasteiger partial charge in [0.2, 0.25) is 11.9 Å². The lowest BCUT2D eigenvalue weighted by Gasteiger charge is -2.34. The first-order valence-corrected chi connectivity index (χ1v) is 8.93. The van der Waals surface area contributed by atoms with Crippen LogP contribution in [0.15, 0.2) is 42.9 Å². The van der Waals surface area contributed by atoms with E-state index < -0.39 is 0 Å². The third kappa shape index (κ3) is 3.24. The molecule has 0 bridgehead atoms. The first-order valence-electron chi connectivity index (χ1n) is 8.93. The monoisotopic (exact) mass is 350 g/mol. The van der Waals surface area contributed by atoms with Crippen LogP contribution >= 0.6 is 0 Å². The van der Waals surface area contributed by atoms with Crippen LogP contribution in [0.4, 0.5) is 5.95 Å². The number of aromatic nitrogens is 4. The van der Waals surface area contributed by atoms with E-state index >= 15 is 0 Å². The maximum absolute atomic E-state index is 12.6. The Balaban J connectivity index is 1.34. The van der Waals surface area contributed by atoms with Crippen molar-refractivity contribution in [3.63, 3.8) is 0 Å². The summed E-state index contributed by atoms with van der Waals surface area (Å²) >= 11 is 0. The van der Waals surface area contributed by atoms with Gasteiger partial charge in [-0.3, -0.25) is 9.48 Å². The van der Waals surface area contributed by atoms with Crippen molar-refractivity contribution >= 4 is 22.8 Å². The fourth-order valence-electron chi connectivity index (χ4n) is 3.47. The van der Waals surface area contributed by atoms with Crippen LogP contribution in [0.2, 0.25) is 0 Å². The Morgan fingerprint density at radius 1 is 1.08 bits per heavy atom. The molecule has 2 aromatic heterocycles. The first-order chi connectivity index (χ1) is 12.7. The Morgan fingerprint density at radius 2 is 1.85 bits per heavy atom. The number of amides is 1. The highest BCUT2D eigenvalue weighted by molar-refractivity contribution is 5.82. The molecule has 26 heavy (non-hydrogen) atoms. The predicted molar refractivity (Wildman–Crippen MR) is 99.9 cm³/mol. The summed E-state index contributed by atoms with van der Waals surface area (Å²) in [5.41, 5.74) is 2.30. The Hall–Kier alpha value is -2.96. The van der Waals surface area contributed by atoms with E-state index in [1.165, 1.54) is 5.56 Å². The maximum Gasteiger partial charge on any atom is 0.225 e. The van der Waals surface area contributed by atoms with Crippen LogP contribution in [0, 0.1) is 6.92 Å². The number of hydrogen-bond donors (Lipinski definition) is 0. The van der Waals surface area contributed by atoms with Crippen LogP contribution in [0.5, 0.6) is 0 Å². The summed E-state index contributed by atoms with van der Waals surface area (Å²) < 4.78 is 1.94. The zero-order valence-corrected chi connectivity index (χ0v) is 14.9. The van der Waals surface area contributed by atoms with E-state index in [1.54, 1.807) is 12.4 Å². The van der Waals surface area contributed by atoms with Crippen LogP contribution in [0.1, 0.15) is 12.0 Å². The molecule has 4 rings (SSSR count). The van der Waals surface area contributed by atoms with E-state index in [1.807, 2.05) is 27.9 Å². The second-order valence-electron chi connectivity index (χ2n) is 6.55. The summed E-state index contributed by atoms with van der Waals surface area (Å²) in [5.74, 6) is 0.911. The second kappa shape index (κ2) is 7.11. The topological polar surface area (TPSA) is 67.2 Å². The molecule has 0 saturated carbocycles. The summed E-state index contributed by atoms with van der Waals surface area (Å²) in [4.78, 5) is 25.2. The number of hydrogen-bond acceptors (Lipinski definition) is 5. The summed E-state index contributed by atoms with van der Waals surface area (Å²) in [5, 5.41) is 5.57. The summed E-state index contributed by atoms with van der Waals surface area (Å²) in [7, 11) is 0. The fourth-order valence-corrected chi connectivity index (χ4v) is 3.47. The minimum atomic E-state index is 0.177. The largest absolute Gasteiger partial charge is 0.339 e. The van der Waals surface area contributed by atoms with Gasteiger partial charge in [-0.05, 0) is 18.6 Å². The zero-order valence-electron chi connectivity index (χ0n) is 14.9. The molecule has 7 nitrogen and oxygen atoms in total. The van der Waals surface area contributed by atoms with Gasteiger partial charge in [0, 0.05) is 50.4 Å². The molecule has 3 aromatic rings. The van der Waals surface area contributed by atoms with Gasteiger partial charge in [-0.1, -0.05) is 18.2 Å². The fraction of sp³-hybridized carbons (Fsp3) is 0.368. The second-order valence-corrected chi connectivity index (χ2v) is 6.55. The van der Waals surface area contributed by atoms with Crippen LogP contribution in [0.25, 0.3) is 10.9 Å². The van der Waals surface area contributed by atoms with Crippen molar-refractivity contribution in [2.45, 2.75) is 19.9 Å². The van der Waals surface area contributed by atoms with Crippen LogP contribution in [0.3, 0.4) is 0 Å². The molecule has 1 aromatic carbocycles. The normalized spacial score (nSPS) is 14.8. The Morgan fingerprint density at radius 3 is 2.62 bits per heavy atom. The van der Waals surface area contributed by atoms with E-state index in [-0.39, 0.29) is 5.91 Å². The molecule has 0 spiro atoms. The van der Waals surface area contributed by atoms with E-state index in [0.717, 1.165) is 29.9 Å². The van der Waals surface area contributed by atoms with Crippen molar-refractivity contribution in [2.24, 2.45) is 0 Å². The molecule has 1 saturated heterocycles. The number of anilines is 1. The third-order valence-electron chi connectivity index (χ3n) is 4.87. The summed E-state index contributed by atoms with van der Waals surface area (Å²) in [6.07, 6.45) is 5.82.